The fraction of sp³-hybridized carbons (Fsp3) is 0.571. The van der Waals surface area contributed by atoms with Gasteiger partial charge in [-0.1, -0.05) is 32.0 Å². The van der Waals surface area contributed by atoms with Crippen molar-refractivity contribution in [1.29, 1.82) is 0 Å². The van der Waals surface area contributed by atoms with Crippen LogP contribution in [0.1, 0.15) is 20.8 Å². The summed E-state index contributed by atoms with van der Waals surface area (Å²) >= 11 is 0. The summed E-state index contributed by atoms with van der Waals surface area (Å²) in [6.07, 6.45) is 0. The third-order valence-corrected chi connectivity index (χ3v) is 4.76. The van der Waals surface area contributed by atoms with Gasteiger partial charge in [0.15, 0.2) is 0 Å². The lowest BCUT2D eigenvalue weighted by Gasteiger charge is -2.23. The van der Waals surface area contributed by atoms with Gasteiger partial charge in [-0.3, -0.25) is 0 Å². The molecule has 0 aliphatic heterocycles. The van der Waals surface area contributed by atoms with E-state index in [1.807, 2.05) is 6.92 Å². The minimum atomic E-state index is -3.46. The third kappa shape index (κ3) is 5.20. The van der Waals surface area contributed by atoms with Gasteiger partial charge < -0.3 is 11.1 Å². The van der Waals surface area contributed by atoms with E-state index in [0.29, 0.717) is 19.0 Å². The van der Waals surface area contributed by atoms with Crippen LogP contribution < -0.4 is 15.8 Å². The SMILES string of the molecule is CC(C)[C@H](CN)NC[C@H](C)NS(=O)(=O)c1ccccc1. The van der Waals surface area contributed by atoms with Crippen molar-refractivity contribution in [2.75, 3.05) is 13.1 Å². The normalized spacial score (nSPS) is 15.2. The van der Waals surface area contributed by atoms with Crippen LogP contribution in [0.25, 0.3) is 0 Å². The predicted octanol–water partition coefficient (Wildman–Crippen LogP) is 0.926. The summed E-state index contributed by atoms with van der Waals surface area (Å²) in [6, 6.07) is 8.37. The van der Waals surface area contributed by atoms with Crippen LogP contribution in [0.15, 0.2) is 35.2 Å². The standard InChI is InChI=1S/C14H25N3O2S/c1-11(2)14(9-15)16-10-12(3)17-20(18,19)13-7-5-4-6-8-13/h4-8,11-12,14,16-17H,9-10,15H2,1-3H3/t12-,14-/m0/s1. The first-order valence-electron chi connectivity index (χ1n) is 6.87. The lowest BCUT2D eigenvalue weighted by atomic mass is 10.0. The molecule has 114 valence electrons. The molecule has 0 saturated heterocycles. The summed E-state index contributed by atoms with van der Waals surface area (Å²) in [4.78, 5) is 0.283. The van der Waals surface area contributed by atoms with Gasteiger partial charge in [0.25, 0.3) is 0 Å². The monoisotopic (exact) mass is 299 g/mol. The Hall–Kier alpha value is -0.950. The Bertz CT molecular complexity index is 488. The number of benzene rings is 1. The molecule has 0 unspecified atom stereocenters. The molecule has 4 N–H and O–H groups in total. The molecule has 0 amide bonds. The number of hydrogen-bond acceptors (Lipinski definition) is 4. The third-order valence-electron chi connectivity index (χ3n) is 3.15. The van der Waals surface area contributed by atoms with Gasteiger partial charge in [0.1, 0.15) is 0 Å². The maximum atomic E-state index is 12.1. The summed E-state index contributed by atoms with van der Waals surface area (Å²) in [5.41, 5.74) is 5.68. The Kier molecular flexibility index (Phi) is 6.61. The Balaban J connectivity index is 2.56. The van der Waals surface area contributed by atoms with E-state index in [1.165, 1.54) is 0 Å². The number of sulfonamides is 1. The van der Waals surface area contributed by atoms with E-state index < -0.39 is 10.0 Å². The zero-order valence-corrected chi connectivity index (χ0v) is 13.2. The highest BCUT2D eigenvalue weighted by Gasteiger charge is 2.18. The van der Waals surface area contributed by atoms with E-state index in [9.17, 15) is 8.42 Å². The molecule has 0 heterocycles. The fourth-order valence-corrected chi connectivity index (χ4v) is 3.16. The Morgan fingerprint density at radius 2 is 1.75 bits per heavy atom. The van der Waals surface area contributed by atoms with Gasteiger partial charge in [-0.25, -0.2) is 13.1 Å². The van der Waals surface area contributed by atoms with Crippen LogP contribution in [0, 0.1) is 5.92 Å². The van der Waals surface area contributed by atoms with Gasteiger partial charge in [0.05, 0.1) is 4.90 Å². The first-order valence-corrected chi connectivity index (χ1v) is 8.36. The van der Waals surface area contributed by atoms with Crippen LogP contribution in [0.3, 0.4) is 0 Å². The summed E-state index contributed by atoms with van der Waals surface area (Å²) in [7, 11) is -3.46. The summed E-state index contributed by atoms with van der Waals surface area (Å²) in [6.45, 7) is 7.09. The molecule has 0 radical (unpaired) electrons. The highest BCUT2D eigenvalue weighted by Crippen LogP contribution is 2.08. The zero-order chi connectivity index (χ0) is 15.2. The maximum absolute atomic E-state index is 12.1. The second-order valence-corrected chi connectivity index (χ2v) is 7.04. The molecule has 1 rings (SSSR count). The quantitative estimate of drug-likeness (QED) is 0.666. The minimum Gasteiger partial charge on any atom is -0.329 e. The molecule has 1 aromatic rings. The molecule has 0 saturated carbocycles. The first kappa shape index (κ1) is 17.1. The van der Waals surface area contributed by atoms with Crippen molar-refractivity contribution in [2.45, 2.75) is 37.8 Å². The van der Waals surface area contributed by atoms with Crippen LogP contribution in [-0.2, 0) is 10.0 Å². The van der Waals surface area contributed by atoms with Gasteiger partial charge in [-0.2, -0.15) is 0 Å². The van der Waals surface area contributed by atoms with Crippen LogP contribution in [-0.4, -0.2) is 33.6 Å². The lowest BCUT2D eigenvalue weighted by Crippen LogP contribution is -2.47. The second kappa shape index (κ2) is 7.73. The minimum absolute atomic E-state index is 0.193. The molecule has 20 heavy (non-hydrogen) atoms. The zero-order valence-electron chi connectivity index (χ0n) is 12.3. The van der Waals surface area contributed by atoms with E-state index in [1.54, 1.807) is 30.3 Å². The Morgan fingerprint density at radius 1 is 1.15 bits per heavy atom. The van der Waals surface area contributed by atoms with Crippen molar-refractivity contribution in [3.63, 3.8) is 0 Å². The molecule has 0 spiro atoms. The molecule has 0 aromatic heterocycles. The molecule has 6 heteroatoms. The number of nitrogens with two attached hydrogens (primary N) is 1. The molecule has 0 bridgehead atoms. The van der Waals surface area contributed by atoms with Crippen LogP contribution in [0.4, 0.5) is 0 Å². The Labute approximate surface area is 122 Å². The molecule has 2 atom stereocenters. The van der Waals surface area contributed by atoms with Crippen molar-refractivity contribution in [2.24, 2.45) is 11.7 Å². The maximum Gasteiger partial charge on any atom is 0.240 e. The van der Waals surface area contributed by atoms with E-state index in [0.717, 1.165) is 0 Å². The van der Waals surface area contributed by atoms with Gasteiger partial charge in [-0.05, 0) is 25.0 Å². The molecule has 0 fully saturated rings. The second-order valence-electron chi connectivity index (χ2n) is 5.33. The van der Waals surface area contributed by atoms with Gasteiger partial charge >= 0.3 is 0 Å². The molecular weight excluding hydrogens is 274 g/mol. The highest BCUT2D eigenvalue weighted by molar-refractivity contribution is 7.89. The number of hydrogen-bond donors (Lipinski definition) is 3. The van der Waals surface area contributed by atoms with Crippen LogP contribution in [0.5, 0.6) is 0 Å². The average Bonchev–Trinajstić information content (AvgIpc) is 2.39. The summed E-state index contributed by atoms with van der Waals surface area (Å²) in [5.74, 6) is 0.415. The number of nitrogens with one attached hydrogen (secondary N) is 2. The lowest BCUT2D eigenvalue weighted by molar-refractivity contribution is 0.391. The van der Waals surface area contributed by atoms with Gasteiger partial charge in [-0.15, -0.1) is 0 Å². The van der Waals surface area contributed by atoms with Crippen molar-refractivity contribution in [3.05, 3.63) is 30.3 Å². The van der Waals surface area contributed by atoms with Crippen LogP contribution >= 0.6 is 0 Å². The largest absolute Gasteiger partial charge is 0.329 e. The van der Waals surface area contributed by atoms with E-state index in [-0.39, 0.29) is 17.0 Å². The predicted molar refractivity (Wildman–Crippen MR) is 81.9 cm³/mol. The Morgan fingerprint density at radius 3 is 2.25 bits per heavy atom. The van der Waals surface area contributed by atoms with Crippen molar-refractivity contribution < 1.29 is 8.42 Å². The highest BCUT2D eigenvalue weighted by atomic mass is 32.2. The average molecular weight is 299 g/mol. The van der Waals surface area contributed by atoms with Crippen molar-refractivity contribution in [1.82, 2.24) is 10.0 Å². The molecule has 0 aliphatic carbocycles. The van der Waals surface area contributed by atoms with E-state index in [2.05, 4.69) is 23.9 Å². The van der Waals surface area contributed by atoms with Gasteiger partial charge in [0.2, 0.25) is 10.0 Å². The molecule has 0 aliphatic rings. The van der Waals surface area contributed by atoms with E-state index >= 15 is 0 Å². The first-order chi connectivity index (χ1) is 9.36. The van der Waals surface area contributed by atoms with Crippen molar-refractivity contribution in [3.8, 4) is 0 Å². The molecule has 1 aromatic carbocycles. The fourth-order valence-electron chi connectivity index (χ4n) is 1.89. The summed E-state index contributed by atoms with van der Waals surface area (Å²) < 4.78 is 26.9. The molecular formula is C14H25N3O2S. The van der Waals surface area contributed by atoms with E-state index in [4.69, 9.17) is 5.73 Å². The summed E-state index contributed by atoms with van der Waals surface area (Å²) in [5, 5.41) is 3.29. The smallest absolute Gasteiger partial charge is 0.240 e. The van der Waals surface area contributed by atoms with Crippen molar-refractivity contribution >= 4 is 10.0 Å². The number of rotatable bonds is 8. The van der Waals surface area contributed by atoms with Gasteiger partial charge in [0, 0.05) is 25.2 Å². The van der Waals surface area contributed by atoms with Crippen LogP contribution in [0.2, 0.25) is 0 Å². The topological polar surface area (TPSA) is 84.2 Å². The molecule has 5 nitrogen and oxygen atoms in total.